The van der Waals surface area contributed by atoms with Crippen molar-refractivity contribution >= 4 is 17.8 Å². The second-order valence-electron chi connectivity index (χ2n) is 6.77. The fourth-order valence-electron chi connectivity index (χ4n) is 3.03. The van der Waals surface area contributed by atoms with Crippen molar-refractivity contribution in [3.8, 4) is 0 Å². The van der Waals surface area contributed by atoms with E-state index in [1.54, 1.807) is 0 Å². The summed E-state index contributed by atoms with van der Waals surface area (Å²) in [6, 6.07) is 2.02. The third-order valence-electron chi connectivity index (χ3n) is 4.36. The standard InChI is InChI=1S/C12H22O3.C5H3NO5/c1-8(2)10-5-4-9(3)6-11(10)15-7-12(13)14;7-5(8)3-1-2-4(11-3)6(9)10/h8-11H,4-7H2,1-3H3,(H,13,14);1-2H,(H,7,8)/t9-,10+,11?;/m0./s1. The lowest BCUT2D eigenvalue weighted by molar-refractivity contribution is -0.402. The number of hydrogen-bond donors (Lipinski definition) is 2. The molecule has 26 heavy (non-hydrogen) atoms. The first kappa shape index (κ1) is 21.6. The Labute approximate surface area is 151 Å². The van der Waals surface area contributed by atoms with Crippen molar-refractivity contribution in [3.05, 3.63) is 28.0 Å². The number of aromatic carboxylic acids is 1. The molecule has 1 aliphatic rings. The zero-order valence-electron chi connectivity index (χ0n) is 15.1. The van der Waals surface area contributed by atoms with Gasteiger partial charge in [0.1, 0.15) is 11.5 Å². The van der Waals surface area contributed by atoms with E-state index >= 15 is 0 Å². The number of aliphatic carboxylic acids is 1. The lowest BCUT2D eigenvalue weighted by atomic mass is 9.75. The molecule has 9 nitrogen and oxygen atoms in total. The Bertz CT molecular complexity index is 596. The molecule has 3 atom stereocenters. The molecule has 1 heterocycles. The summed E-state index contributed by atoms with van der Waals surface area (Å²) in [5.41, 5.74) is 0. The minimum absolute atomic E-state index is 0.143. The van der Waals surface area contributed by atoms with Gasteiger partial charge in [0, 0.05) is 0 Å². The number of hydrogen-bond acceptors (Lipinski definition) is 6. The van der Waals surface area contributed by atoms with Crippen LogP contribution in [0.15, 0.2) is 16.5 Å². The maximum absolute atomic E-state index is 10.5. The summed E-state index contributed by atoms with van der Waals surface area (Å²) >= 11 is 0. The van der Waals surface area contributed by atoms with Crippen LogP contribution in [-0.4, -0.2) is 39.8 Å². The van der Waals surface area contributed by atoms with Crippen molar-refractivity contribution in [2.45, 2.75) is 46.1 Å². The average molecular weight is 371 g/mol. The van der Waals surface area contributed by atoms with Gasteiger partial charge in [0.2, 0.25) is 5.76 Å². The summed E-state index contributed by atoms with van der Waals surface area (Å²) in [4.78, 5) is 29.8. The molecule has 1 aliphatic carbocycles. The van der Waals surface area contributed by atoms with Crippen molar-refractivity contribution in [1.29, 1.82) is 0 Å². The van der Waals surface area contributed by atoms with Gasteiger partial charge < -0.3 is 19.4 Å². The maximum Gasteiger partial charge on any atom is 0.433 e. The fourth-order valence-corrected chi connectivity index (χ4v) is 3.03. The molecule has 9 heteroatoms. The Hall–Kier alpha value is -2.42. The van der Waals surface area contributed by atoms with E-state index in [1.807, 2.05) is 0 Å². The molecular formula is C17H25NO8. The predicted molar refractivity (Wildman–Crippen MR) is 91.0 cm³/mol. The number of furan rings is 1. The van der Waals surface area contributed by atoms with E-state index in [2.05, 4.69) is 25.2 Å². The number of carbonyl (C=O) groups is 2. The normalized spacial score (nSPS) is 22.4. The molecule has 0 radical (unpaired) electrons. The zero-order chi connectivity index (χ0) is 19.9. The molecule has 1 unspecified atom stereocenters. The molecule has 0 amide bonds. The fraction of sp³-hybridized carbons (Fsp3) is 0.647. The van der Waals surface area contributed by atoms with Crippen LogP contribution in [0.25, 0.3) is 0 Å². The Morgan fingerprint density at radius 1 is 1.35 bits per heavy atom. The van der Waals surface area contributed by atoms with Crippen molar-refractivity contribution in [2.75, 3.05) is 6.61 Å². The summed E-state index contributed by atoms with van der Waals surface area (Å²) in [5.74, 6) is -1.41. The molecule has 0 aliphatic heterocycles. The summed E-state index contributed by atoms with van der Waals surface area (Å²) in [7, 11) is 0. The lowest BCUT2D eigenvalue weighted by Gasteiger charge is -2.36. The van der Waals surface area contributed by atoms with E-state index < -0.39 is 28.5 Å². The molecule has 0 spiro atoms. The summed E-state index contributed by atoms with van der Waals surface area (Å²) in [5, 5.41) is 26.8. The van der Waals surface area contributed by atoms with E-state index in [1.165, 1.54) is 12.8 Å². The first-order chi connectivity index (χ1) is 12.1. The van der Waals surface area contributed by atoms with E-state index in [0.29, 0.717) is 17.8 Å². The van der Waals surface area contributed by atoms with Gasteiger partial charge in [0.05, 0.1) is 12.2 Å². The molecule has 0 bridgehead atoms. The van der Waals surface area contributed by atoms with Crippen LogP contribution in [0.3, 0.4) is 0 Å². The van der Waals surface area contributed by atoms with E-state index in [4.69, 9.17) is 14.9 Å². The summed E-state index contributed by atoms with van der Waals surface area (Å²) in [6.07, 6.45) is 3.57. The Morgan fingerprint density at radius 2 is 2.00 bits per heavy atom. The minimum Gasteiger partial charge on any atom is -0.480 e. The number of carboxylic acid groups (broad SMARTS) is 2. The topological polar surface area (TPSA) is 140 Å². The predicted octanol–water partition coefficient (Wildman–Crippen LogP) is 3.43. The highest BCUT2D eigenvalue weighted by Crippen LogP contribution is 2.35. The first-order valence-corrected chi connectivity index (χ1v) is 8.42. The summed E-state index contributed by atoms with van der Waals surface area (Å²) < 4.78 is 9.80. The average Bonchev–Trinajstić information content (AvgIpc) is 3.04. The number of nitrogens with zero attached hydrogens (tertiary/aromatic N) is 1. The SMILES string of the molecule is CC(C)[C@H]1CC[C@H](C)CC1OCC(=O)O.O=C(O)c1ccc([N+](=O)[O-])o1. The van der Waals surface area contributed by atoms with Crippen LogP contribution in [0.4, 0.5) is 5.88 Å². The highest BCUT2D eigenvalue weighted by Gasteiger charge is 2.31. The van der Waals surface area contributed by atoms with Crippen LogP contribution in [-0.2, 0) is 9.53 Å². The minimum atomic E-state index is -1.32. The van der Waals surface area contributed by atoms with Gasteiger partial charge in [-0.3, -0.25) is 10.1 Å². The van der Waals surface area contributed by atoms with Gasteiger partial charge in [0.25, 0.3) is 0 Å². The second-order valence-corrected chi connectivity index (χ2v) is 6.77. The van der Waals surface area contributed by atoms with Crippen molar-refractivity contribution in [2.24, 2.45) is 17.8 Å². The van der Waals surface area contributed by atoms with E-state index in [0.717, 1.165) is 18.6 Å². The highest BCUT2D eigenvalue weighted by atomic mass is 16.6. The number of ether oxygens (including phenoxy) is 1. The van der Waals surface area contributed by atoms with Gasteiger partial charge in [-0.05, 0) is 36.7 Å². The number of carboxylic acids is 2. The van der Waals surface area contributed by atoms with Crippen LogP contribution in [0.1, 0.15) is 50.6 Å². The van der Waals surface area contributed by atoms with Crippen LogP contribution >= 0.6 is 0 Å². The molecule has 1 aromatic heterocycles. The van der Waals surface area contributed by atoms with Crippen LogP contribution in [0.5, 0.6) is 0 Å². The third kappa shape index (κ3) is 6.83. The first-order valence-electron chi connectivity index (χ1n) is 8.42. The van der Waals surface area contributed by atoms with Crippen molar-refractivity contribution in [1.82, 2.24) is 0 Å². The molecule has 0 aromatic carbocycles. The van der Waals surface area contributed by atoms with Gasteiger partial charge in [-0.15, -0.1) is 0 Å². The second kappa shape index (κ2) is 9.91. The molecule has 1 aromatic rings. The molecule has 1 saturated carbocycles. The Morgan fingerprint density at radius 3 is 2.42 bits per heavy atom. The molecule has 1 fully saturated rings. The van der Waals surface area contributed by atoms with Gasteiger partial charge in [0.15, 0.2) is 0 Å². The van der Waals surface area contributed by atoms with Crippen LogP contribution in [0, 0.1) is 27.9 Å². The molecule has 146 valence electrons. The van der Waals surface area contributed by atoms with E-state index in [9.17, 15) is 19.7 Å². The van der Waals surface area contributed by atoms with Gasteiger partial charge in [-0.2, -0.15) is 0 Å². The monoisotopic (exact) mass is 371 g/mol. The number of nitro groups is 1. The molecular weight excluding hydrogens is 346 g/mol. The lowest BCUT2D eigenvalue weighted by Crippen LogP contribution is -2.35. The number of rotatable bonds is 6. The highest BCUT2D eigenvalue weighted by molar-refractivity contribution is 5.84. The Balaban J connectivity index is 0.000000273. The van der Waals surface area contributed by atoms with Crippen LogP contribution < -0.4 is 0 Å². The zero-order valence-corrected chi connectivity index (χ0v) is 15.1. The largest absolute Gasteiger partial charge is 0.480 e. The molecule has 2 N–H and O–H groups in total. The smallest absolute Gasteiger partial charge is 0.433 e. The van der Waals surface area contributed by atoms with Gasteiger partial charge in [-0.25, -0.2) is 9.59 Å². The quantitative estimate of drug-likeness (QED) is 0.572. The maximum atomic E-state index is 10.5. The molecule has 0 saturated heterocycles. The van der Waals surface area contributed by atoms with E-state index in [-0.39, 0.29) is 12.7 Å². The summed E-state index contributed by atoms with van der Waals surface area (Å²) in [6.45, 7) is 6.45. The Kier molecular flexibility index (Phi) is 8.24. The van der Waals surface area contributed by atoms with Gasteiger partial charge >= 0.3 is 17.8 Å². The van der Waals surface area contributed by atoms with Gasteiger partial charge in [-0.1, -0.05) is 27.2 Å². The molecule has 2 rings (SSSR count). The van der Waals surface area contributed by atoms with Crippen molar-refractivity contribution in [3.63, 3.8) is 0 Å². The van der Waals surface area contributed by atoms with Crippen LogP contribution in [0.2, 0.25) is 0 Å². The van der Waals surface area contributed by atoms with Crippen molar-refractivity contribution < 1.29 is 33.9 Å². The third-order valence-corrected chi connectivity index (χ3v) is 4.36.